The molecule has 0 saturated carbocycles. The van der Waals surface area contributed by atoms with Crippen LogP contribution in [0.15, 0.2) is 36.7 Å². The molecule has 0 bridgehead atoms. The summed E-state index contributed by atoms with van der Waals surface area (Å²) in [5.41, 5.74) is 0.498. The molecule has 0 radical (unpaired) electrons. The summed E-state index contributed by atoms with van der Waals surface area (Å²) >= 11 is 0. The second-order valence-electron chi connectivity index (χ2n) is 3.15. The van der Waals surface area contributed by atoms with Crippen molar-refractivity contribution in [1.82, 2.24) is 15.2 Å². The molecule has 0 unspecified atom stereocenters. The molecule has 86 valence electrons. The summed E-state index contributed by atoms with van der Waals surface area (Å²) in [6, 6.07) is 6.73. The molecule has 1 heterocycles. The van der Waals surface area contributed by atoms with Gasteiger partial charge in [-0.1, -0.05) is 0 Å². The zero-order valence-electron chi connectivity index (χ0n) is 9.12. The van der Waals surface area contributed by atoms with Crippen LogP contribution in [0.4, 0.5) is 5.95 Å². The first-order chi connectivity index (χ1) is 8.29. The van der Waals surface area contributed by atoms with Crippen LogP contribution in [0.2, 0.25) is 0 Å². The molecule has 1 aromatic heterocycles. The number of hydrogen-bond donors (Lipinski definition) is 1. The monoisotopic (exact) mass is 230 g/mol. The van der Waals surface area contributed by atoms with Gasteiger partial charge in [0.05, 0.1) is 19.5 Å². The lowest BCUT2D eigenvalue weighted by Gasteiger charge is -2.03. The number of carbonyl (C=O) groups excluding carboxylic acids is 1. The highest BCUT2D eigenvalue weighted by atomic mass is 16.5. The second kappa shape index (κ2) is 5.02. The van der Waals surface area contributed by atoms with Crippen molar-refractivity contribution in [2.24, 2.45) is 0 Å². The average molecular weight is 230 g/mol. The van der Waals surface area contributed by atoms with E-state index in [0.717, 1.165) is 0 Å². The smallest absolute Gasteiger partial charge is 0.258 e. The van der Waals surface area contributed by atoms with E-state index in [-0.39, 0.29) is 11.9 Å². The van der Waals surface area contributed by atoms with Crippen LogP contribution in [-0.2, 0) is 0 Å². The van der Waals surface area contributed by atoms with Gasteiger partial charge in [-0.2, -0.15) is 5.10 Å². The molecule has 0 aliphatic carbocycles. The number of amides is 1. The molecular formula is C11H10N4O2. The van der Waals surface area contributed by atoms with Crippen molar-refractivity contribution >= 4 is 11.9 Å². The molecule has 6 heteroatoms. The van der Waals surface area contributed by atoms with Crippen molar-refractivity contribution in [3.05, 3.63) is 42.2 Å². The molecule has 2 aromatic rings. The van der Waals surface area contributed by atoms with E-state index in [9.17, 15) is 4.79 Å². The number of carbonyl (C=O) groups is 1. The molecular weight excluding hydrogens is 220 g/mol. The minimum absolute atomic E-state index is 0.174. The Morgan fingerprint density at radius 3 is 2.59 bits per heavy atom. The Kier molecular flexibility index (Phi) is 3.25. The zero-order valence-corrected chi connectivity index (χ0v) is 9.12. The highest BCUT2D eigenvalue weighted by Gasteiger charge is 2.07. The van der Waals surface area contributed by atoms with Gasteiger partial charge in [0.1, 0.15) is 5.75 Å². The van der Waals surface area contributed by atoms with Gasteiger partial charge >= 0.3 is 0 Å². The highest BCUT2D eigenvalue weighted by molar-refractivity contribution is 6.03. The molecule has 0 saturated heterocycles. The molecule has 0 spiro atoms. The van der Waals surface area contributed by atoms with E-state index in [1.165, 1.54) is 12.4 Å². The molecule has 0 fully saturated rings. The predicted molar refractivity (Wildman–Crippen MR) is 60.8 cm³/mol. The van der Waals surface area contributed by atoms with Crippen LogP contribution in [0.5, 0.6) is 5.75 Å². The summed E-state index contributed by atoms with van der Waals surface area (Å²) in [6.45, 7) is 0. The third-order valence-electron chi connectivity index (χ3n) is 2.06. The van der Waals surface area contributed by atoms with E-state index in [0.29, 0.717) is 11.3 Å². The normalized spacial score (nSPS) is 9.71. The number of aromatic nitrogens is 3. The van der Waals surface area contributed by atoms with Crippen LogP contribution >= 0.6 is 0 Å². The molecule has 17 heavy (non-hydrogen) atoms. The Morgan fingerprint density at radius 1 is 1.24 bits per heavy atom. The summed E-state index contributed by atoms with van der Waals surface area (Å²) in [6.07, 6.45) is 2.89. The minimum Gasteiger partial charge on any atom is -0.497 e. The van der Waals surface area contributed by atoms with Crippen LogP contribution in [0.25, 0.3) is 0 Å². The Morgan fingerprint density at radius 2 is 2.00 bits per heavy atom. The first kappa shape index (κ1) is 11.0. The number of ether oxygens (including phenoxy) is 1. The minimum atomic E-state index is -0.291. The lowest BCUT2D eigenvalue weighted by atomic mass is 10.2. The number of hydrogen-bond acceptors (Lipinski definition) is 5. The van der Waals surface area contributed by atoms with Gasteiger partial charge in [0.25, 0.3) is 5.91 Å². The fraction of sp³-hybridized carbons (Fsp3) is 0.0909. The number of benzene rings is 1. The fourth-order valence-electron chi connectivity index (χ4n) is 1.22. The number of anilines is 1. The summed E-state index contributed by atoms with van der Waals surface area (Å²) in [5, 5.41) is 9.80. The third-order valence-corrected chi connectivity index (χ3v) is 2.06. The van der Waals surface area contributed by atoms with Gasteiger partial charge in [-0.25, -0.2) is 4.98 Å². The predicted octanol–water partition coefficient (Wildman–Crippen LogP) is 1.13. The standard InChI is InChI=1S/C11H10N4O2/c1-17-9-4-2-8(3-5-9)10(16)14-11-12-6-7-13-15-11/h2-7H,1H3,(H,12,14,15,16). The molecule has 0 aliphatic rings. The Bertz CT molecular complexity index is 499. The van der Waals surface area contributed by atoms with E-state index in [1.54, 1.807) is 31.4 Å². The Hall–Kier alpha value is -2.50. The van der Waals surface area contributed by atoms with Gasteiger partial charge in [0.2, 0.25) is 5.95 Å². The summed E-state index contributed by atoms with van der Waals surface area (Å²) in [5.74, 6) is 0.577. The molecule has 1 amide bonds. The molecule has 6 nitrogen and oxygen atoms in total. The fourth-order valence-corrected chi connectivity index (χ4v) is 1.22. The van der Waals surface area contributed by atoms with Crippen LogP contribution in [-0.4, -0.2) is 28.2 Å². The lowest BCUT2D eigenvalue weighted by Crippen LogP contribution is -2.14. The van der Waals surface area contributed by atoms with Gasteiger partial charge in [-0.05, 0) is 24.3 Å². The quantitative estimate of drug-likeness (QED) is 0.855. The van der Waals surface area contributed by atoms with Crippen molar-refractivity contribution in [2.45, 2.75) is 0 Å². The van der Waals surface area contributed by atoms with Crippen LogP contribution in [0.3, 0.4) is 0 Å². The van der Waals surface area contributed by atoms with Gasteiger partial charge in [0, 0.05) is 5.56 Å². The van der Waals surface area contributed by atoms with Crippen LogP contribution in [0, 0.1) is 0 Å². The van der Waals surface area contributed by atoms with Crippen molar-refractivity contribution in [2.75, 3.05) is 12.4 Å². The van der Waals surface area contributed by atoms with Gasteiger partial charge < -0.3 is 4.74 Å². The largest absolute Gasteiger partial charge is 0.497 e. The lowest BCUT2D eigenvalue weighted by molar-refractivity contribution is 0.102. The maximum Gasteiger partial charge on any atom is 0.258 e. The maximum absolute atomic E-state index is 11.8. The van der Waals surface area contributed by atoms with Crippen molar-refractivity contribution in [3.8, 4) is 5.75 Å². The Labute approximate surface area is 97.7 Å². The van der Waals surface area contributed by atoms with E-state index in [1.807, 2.05) is 0 Å². The number of rotatable bonds is 3. The molecule has 1 aromatic carbocycles. The molecule has 1 N–H and O–H groups in total. The first-order valence-electron chi connectivity index (χ1n) is 4.88. The van der Waals surface area contributed by atoms with Gasteiger partial charge in [-0.3, -0.25) is 10.1 Å². The van der Waals surface area contributed by atoms with Crippen LogP contribution < -0.4 is 10.1 Å². The van der Waals surface area contributed by atoms with Crippen LogP contribution in [0.1, 0.15) is 10.4 Å². The summed E-state index contributed by atoms with van der Waals surface area (Å²) in [7, 11) is 1.57. The number of methoxy groups -OCH3 is 1. The Balaban J connectivity index is 2.09. The average Bonchev–Trinajstić information content (AvgIpc) is 2.40. The van der Waals surface area contributed by atoms with E-state index >= 15 is 0 Å². The van der Waals surface area contributed by atoms with Crippen molar-refractivity contribution < 1.29 is 9.53 Å². The van der Waals surface area contributed by atoms with E-state index in [4.69, 9.17) is 4.74 Å². The topological polar surface area (TPSA) is 77.0 Å². The maximum atomic E-state index is 11.8. The van der Waals surface area contributed by atoms with Crippen molar-refractivity contribution in [1.29, 1.82) is 0 Å². The molecule has 2 rings (SSSR count). The number of nitrogens with zero attached hydrogens (tertiary/aromatic N) is 3. The first-order valence-corrected chi connectivity index (χ1v) is 4.88. The SMILES string of the molecule is COc1ccc(C(=O)Nc2nccnn2)cc1. The molecule has 0 aliphatic heterocycles. The van der Waals surface area contributed by atoms with Gasteiger partial charge in [0.15, 0.2) is 0 Å². The van der Waals surface area contributed by atoms with Gasteiger partial charge in [-0.15, -0.1) is 5.10 Å². The third kappa shape index (κ3) is 2.75. The number of nitrogens with one attached hydrogen (secondary N) is 1. The zero-order chi connectivity index (χ0) is 12.1. The highest BCUT2D eigenvalue weighted by Crippen LogP contribution is 2.11. The summed E-state index contributed by atoms with van der Waals surface area (Å²) in [4.78, 5) is 15.6. The summed E-state index contributed by atoms with van der Waals surface area (Å²) < 4.78 is 5.00. The molecule has 0 atom stereocenters. The second-order valence-corrected chi connectivity index (χ2v) is 3.15. The van der Waals surface area contributed by atoms with Crippen molar-refractivity contribution in [3.63, 3.8) is 0 Å². The van der Waals surface area contributed by atoms with E-state index in [2.05, 4.69) is 20.5 Å². The van der Waals surface area contributed by atoms with E-state index < -0.39 is 0 Å².